The van der Waals surface area contributed by atoms with Crippen LogP contribution in [0.2, 0.25) is 0 Å². The van der Waals surface area contributed by atoms with E-state index in [0.29, 0.717) is 4.31 Å². The van der Waals surface area contributed by atoms with Crippen LogP contribution in [0.25, 0.3) is 0 Å². The van der Waals surface area contributed by atoms with Crippen LogP contribution in [0.3, 0.4) is 0 Å². The average molecular weight is 450 g/mol. The number of hydrogen-bond donors (Lipinski definition) is 4. The van der Waals surface area contributed by atoms with Crippen molar-refractivity contribution in [2.45, 2.75) is 0 Å². The maximum Gasteiger partial charge on any atom is 0.488 e. The number of carbonyl (C=O) groups excluding carboxylic acids is 1. The summed E-state index contributed by atoms with van der Waals surface area (Å²) in [4.78, 5) is 12.5. The van der Waals surface area contributed by atoms with Crippen LogP contribution in [0, 0.1) is 17.5 Å². The number of rotatable bonds is 6. The van der Waals surface area contributed by atoms with Gasteiger partial charge in [-0.25, -0.2) is 21.7 Å². The minimum atomic E-state index is -2.75. The summed E-state index contributed by atoms with van der Waals surface area (Å²) in [6.45, 7) is 0. The van der Waals surface area contributed by atoms with Crippen molar-refractivity contribution in [1.82, 2.24) is 0 Å². The van der Waals surface area contributed by atoms with Gasteiger partial charge < -0.3 is 15.4 Å². The molecular weight excluding hydrogens is 436 g/mol. The van der Waals surface area contributed by atoms with Crippen molar-refractivity contribution in [3.05, 3.63) is 83.7 Å². The van der Waals surface area contributed by atoms with E-state index in [-0.39, 0.29) is 22.4 Å². The van der Waals surface area contributed by atoms with Gasteiger partial charge in [-0.2, -0.15) is 0 Å². The minimum absolute atomic E-state index is 0.0299. The Morgan fingerprint density at radius 1 is 0.903 bits per heavy atom. The fraction of sp³-hybridized carbons (Fsp3) is 0. The fourth-order valence-corrected chi connectivity index (χ4v) is 3.29. The van der Waals surface area contributed by atoms with Gasteiger partial charge in [0.25, 0.3) is 17.2 Å². The Balaban J connectivity index is 1.94. The van der Waals surface area contributed by atoms with E-state index in [1.165, 1.54) is 24.3 Å². The van der Waals surface area contributed by atoms with Gasteiger partial charge in [0.2, 0.25) is 0 Å². The molecule has 3 aromatic carbocycles. The van der Waals surface area contributed by atoms with Gasteiger partial charge >= 0.3 is 7.12 Å². The summed E-state index contributed by atoms with van der Waals surface area (Å²) >= 11 is -2.75. The van der Waals surface area contributed by atoms with Crippen LogP contribution >= 0.6 is 0 Å². The molecule has 0 aromatic heterocycles. The topological polar surface area (TPSA) is 110 Å². The summed E-state index contributed by atoms with van der Waals surface area (Å²) in [7, 11) is -1.76. The molecule has 0 saturated carbocycles. The van der Waals surface area contributed by atoms with Gasteiger partial charge in [-0.15, -0.1) is 0 Å². The monoisotopic (exact) mass is 450 g/mol. The molecule has 7 nitrogen and oxygen atoms in total. The molecular formula is C19H14BF3N2O5S. The largest absolute Gasteiger partial charge is 0.488 e. The molecule has 0 fully saturated rings. The number of anilines is 3. The van der Waals surface area contributed by atoms with Crippen LogP contribution in [0.1, 0.15) is 10.4 Å². The first-order chi connectivity index (χ1) is 14.7. The summed E-state index contributed by atoms with van der Waals surface area (Å²) < 4.78 is 63.1. The lowest BCUT2D eigenvalue weighted by Gasteiger charge is -2.21. The van der Waals surface area contributed by atoms with Crippen molar-refractivity contribution >= 4 is 46.8 Å². The zero-order valence-electron chi connectivity index (χ0n) is 15.5. The molecule has 3 rings (SSSR count). The molecule has 0 aliphatic rings. The quantitative estimate of drug-likeness (QED) is 0.341. The molecule has 12 heteroatoms. The number of nitrogens with zero attached hydrogens (tertiary/aromatic N) is 1. The Hall–Kier alpha value is -3.19. The zero-order chi connectivity index (χ0) is 22.7. The van der Waals surface area contributed by atoms with Gasteiger partial charge in [0, 0.05) is 17.3 Å². The third kappa shape index (κ3) is 5.12. The molecule has 0 bridgehead atoms. The molecule has 0 heterocycles. The summed E-state index contributed by atoms with van der Waals surface area (Å²) in [5, 5.41) is 20.6. The number of benzene rings is 3. The van der Waals surface area contributed by atoms with Gasteiger partial charge in [0.15, 0.2) is 11.6 Å². The van der Waals surface area contributed by atoms with Crippen LogP contribution in [0.4, 0.5) is 30.2 Å². The van der Waals surface area contributed by atoms with Crippen LogP contribution in [0.15, 0.2) is 60.7 Å². The highest BCUT2D eigenvalue weighted by atomic mass is 32.2. The molecule has 0 spiro atoms. The Morgan fingerprint density at radius 2 is 1.55 bits per heavy atom. The lowest BCUT2D eigenvalue weighted by molar-refractivity contribution is 0.102. The number of carbonyl (C=O) groups is 1. The average Bonchev–Trinajstić information content (AvgIpc) is 2.72. The standard InChI is InChI=1S/C19H14BF3N2O5S/c21-15-8-4-13(10-17(15)23)24-19(26)11-1-7-16(22)18(9-11)25(31(29)30)14-5-2-12(3-6-14)20(27)28/h1-10,27-28H,(H,24,26)(H,29,30). The highest BCUT2D eigenvalue weighted by Gasteiger charge is 2.22. The molecule has 0 saturated heterocycles. The van der Waals surface area contributed by atoms with Crippen LogP contribution in [-0.2, 0) is 11.3 Å². The number of nitrogens with one attached hydrogen (secondary N) is 1. The van der Waals surface area contributed by atoms with Gasteiger partial charge in [-0.05, 0) is 47.9 Å². The summed E-state index contributed by atoms with van der Waals surface area (Å²) in [6, 6.07) is 10.8. The van der Waals surface area contributed by atoms with E-state index >= 15 is 0 Å². The third-order valence-electron chi connectivity index (χ3n) is 4.19. The normalized spacial score (nSPS) is 11.7. The number of hydrogen-bond acceptors (Lipinski definition) is 4. The number of amides is 1. The molecule has 1 amide bonds. The molecule has 1 atom stereocenters. The molecule has 4 N–H and O–H groups in total. The molecule has 160 valence electrons. The smallest absolute Gasteiger partial charge is 0.423 e. The maximum absolute atomic E-state index is 14.5. The van der Waals surface area contributed by atoms with Crippen molar-refractivity contribution in [3.8, 4) is 0 Å². The predicted molar refractivity (Wildman–Crippen MR) is 110 cm³/mol. The second-order valence-corrected chi connectivity index (χ2v) is 7.07. The van der Waals surface area contributed by atoms with E-state index in [9.17, 15) is 26.7 Å². The Bertz CT molecular complexity index is 1150. The SMILES string of the molecule is O=C(Nc1ccc(F)c(F)c1)c1ccc(F)c(N(c2ccc(B(O)O)cc2)S(=O)O)c1. The molecule has 0 aliphatic heterocycles. The van der Waals surface area contributed by atoms with E-state index in [1.807, 2.05) is 0 Å². The Morgan fingerprint density at radius 3 is 2.13 bits per heavy atom. The van der Waals surface area contributed by atoms with Crippen LogP contribution in [0.5, 0.6) is 0 Å². The van der Waals surface area contributed by atoms with Crippen molar-refractivity contribution in [2.75, 3.05) is 9.62 Å². The first kappa shape index (κ1) is 22.5. The van der Waals surface area contributed by atoms with Gasteiger partial charge in [0.05, 0.1) is 11.4 Å². The lowest BCUT2D eigenvalue weighted by Crippen LogP contribution is -2.30. The Kier molecular flexibility index (Phi) is 6.76. The first-order valence-electron chi connectivity index (χ1n) is 8.60. The predicted octanol–water partition coefficient (Wildman–Crippen LogP) is 2.31. The highest BCUT2D eigenvalue weighted by Crippen LogP contribution is 2.30. The van der Waals surface area contributed by atoms with E-state index in [0.717, 1.165) is 36.4 Å². The maximum atomic E-state index is 14.5. The second kappa shape index (κ2) is 9.31. The summed E-state index contributed by atoms with van der Waals surface area (Å²) in [5.41, 5.74) is -0.458. The van der Waals surface area contributed by atoms with E-state index < -0.39 is 47.4 Å². The van der Waals surface area contributed by atoms with Crippen molar-refractivity contribution in [3.63, 3.8) is 0 Å². The van der Waals surface area contributed by atoms with E-state index in [2.05, 4.69) is 5.32 Å². The van der Waals surface area contributed by atoms with Gasteiger partial charge in [-0.3, -0.25) is 9.35 Å². The second-order valence-electron chi connectivity index (χ2n) is 6.24. The number of halogens is 3. The first-order valence-corrected chi connectivity index (χ1v) is 9.67. The van der Waals surface area contributed by atoms with Crippen LogP contribution < -0.4 is 15.1 Å². The van der Waals surface area contributed by atoms with Crippen molar-refractivity contribution in [2.24, 2.45) is 0 Å². The fourth-order valence-electron chi connectivity index (χ4n) is 2.68. The highest BCUT2D eigenvalue weighted by molar-refractivity contribution is 7.81. The van der Waals surface area contributed by atoms with E-state index in [1.54, 1.807) is 0 Å². The van der Waals surface area contributed by atoms with Crippen molar-refractivity contribution < 1.29 is 36.8 Å². The molecule has 31 heavy (non-hydrogen) atoms. The summed E-state index contributed by atoms with van der Waals surface area (Å²) in [5.74, 6) is -3.98. The molecule has 1 unspecified atom stereocenters. The summed E-state index contributed by atoms with van der Waals surface area (Å²) in [6.07, 6.45) is 0. The third-order valence-corrected chi connectivity index (χ3v) is 4.91. The minimum Gasteiger partial charge on any atom is -0.423 e. The lowest BCUT2D eigenvalue weighted by atomic mass is 9.80. The van der Waals surface area contributed by atoms with Crippen LogP contribution in [-0.4, -0.2) is 31.8 Å². The zero-order valence-corrected chi connectivity index (χ0v) is 16.3. The molecule has 0 aliphatic carbocycles. The molecule has 0 radical (unpaired) electrons. The Labute approximate surface area is 177 Å². The van der Waals surface area contributed by atoms with Gasteiger partial charge in [-0.1, -0.05) is 12.1 Å². The van der Waals surface area contributed by atoms with Gasteiger partial charge in [0.1, 0.15) is 5.82 Å². The van der Waals surface area contributed by atoms with Crippen molar-refractivity contribution in [1.29, 1.82) is 0 Å². The molecule has 3 aromatic rings. The van der Waals surface area contributed by atoms with E-state index in [4.69, 9.17) is 10.0 Å².